The number of fused-ring (bicyclic) bond motifs is 1. The van der Waals surface area contributed by atoms with E-state index in [9.17, 15) is 9.59 Å². The van der Waals surface area contributed by atoms with Crippen LogP contribution in [0.4, 0.5) is 10.5 Å². The second kappa shape index (κ2) is 6.83. The van der Waals surface area contributed by atoms with Crippen LogP contribution in [0.25, 0.3) is 0 Å². The summed E-state index contributed by atoms with van der Waals surface area (Å²) in [5, 5.41) is 11.7. The third-order valence-electron chi connectivity index (χ3n) is 5.90. The molecule has 2 amide bonds. The van der Waals surface area contributed by atoms with Crippen LogP contribution in [0.2, 0.25) is 0 Å². The van der Waals surface area contributed by atoms with Gasteiger partial charge in [0, 0.05) is 32.3 Å². The Labute approximate surface area is 158 Å². The normalized spacial score (nSPS) is 20.0. The van der Waals surface area contributed by atoms with Gasteiger partial charge in [0.05, 0.1) is 6.04 Å². The maximum atomic E-state index is 12.9. The molecule has 27 heavy (non-hydrogen) atoms. The van der Waals surface area contributed by atoms with E-state index >= 15 is 0 Å². The number of carbonyl (C=O) groups is 1. The largest absolute Gasteiger partial charge is 0.322 e. The molecule has 1 atom stereocenters. The SMILES string of the molecule is Cc1ccn(C)c(=O)c1NC(=O)N1CCn2c(C3CCCC3)nnc2C1C. The predicted molar refractivity (Wildman–Crippen MR) is 102 cm³/mol. The number of urea groups is 1. The van der Waals surface area contributed by atoms with Gasteiger partial charge in [-0.3, -0.25) is 4.79 Å². The fraction of sp³-hybridized carbons (Fsp3) is 0.579. The van der Waals surface area contributed by atoms with Crippen molar-refractivity contribution in [3.63, 3.8) is 0 Å². The highest BCUT2D eigenvalue weighted by molar-refractivity contribution is 5.90. The van der Waals surface area contributed by atoms with E-state index in [0.717, 1.165) is 17.2 Å². The first kappa shape index (κ1) is 17.8. The molecule has 4 rings (SSSR count). The van der Waals surface area contributed by atoms with Crippen molar-refractivity contribution in [1.29, 1.82) is 0 Å². The minimum atomic E-state index is -0.273. The van der Waals surface area contributed by atoms with E-state index in [1.807, 2.05) is 19.9 Å². The molecule has 8 nitrogen and oxygen atoms in total. The zero-order chi connectivity index (χ0) is 19.1. The average Bonchev–Trinajstić information content (AvgIpc) is 3.31. The maximum absolute atomic E-state index is 12.9. The fourth-order valence-electron chi connectivity index (χ4n) is 4.22. The highest BCUT2D eigenvalue weighted by atomic mass is 16.2. The summed E-state index contributed by atoms with van der Waals surface area (Å²) in [5.41, 5.74) is 0.874. The lowest BCUT2D eigenvalue weighted by Gasteiger charge is -2.34. The highest BCUT2D eigenvalue weighted by Gasteiger charge is 2.34. The Morgan fingerprint density at radius 3 is 2.63 bits per heavy atom. The molecule has 0 spiro atoms. The Balaban J connectivity index is 1.55. The van der Waals surface area contributed by atoms with Crippen molar-refractivity contribution in [3.05, 3.63) is 39.8 Å². The first-order chi connectivity index (χ1) is 13.0. The third kappa shape index (κ3) is 3.02. The average molecular weight is 370 g/mol. The molecule has 2 aliphatic rings. The van der Waals surface area contributed by atoms with Crippen molar-refractivity contribution in [2.24, 2.45) is 7.05 Å². The number of aromatic nitrogens is 4. The summed E-state index contributed by atoms with van der Waals surface area (Å²) < 4.78 is 3.66. The second-order valence-corrected chi connectivity index (χ2v) is 7.64. The van der Waals surface area contributed by atoms with E-state index in [4.69, 9.17) is 0 Å². The molecular weight excluding hydrogens is 344 g/mol. The van der Waals surface area contributed by atoms with Gasteiger partial charge >= 0.3 is 6.03 Å². The topological polar surface area (TPSA) is 85.0 Å². The summed E-state index contributed by atoms with van der Waals surface area (Å²) >= 11 is 0. The molecule has 0 aromatic carbocycles. The standard InChI is InChI=1S/C19H26N6O2/c1-12-8-9-23(3)18(26)15(12)20-19(27)24-10-11-25-16(13(24)2)21-22-17(25)14-6-4-5-7-14/h8-9,13-14H,4-7,10-11H2,1-3H3,(H,20,27). The quantitative estimate of drug-likeness (QED) is 0.880. The fourth-order valence-corrected chi connectivity index (χ4v) is 4.22. The van der Waals surface area contributed by atoms with Crippen LogP contribution in [0.3, 0.4) is 0 Å². The van der Waals surface area contributed by atoms with E-state index in [0.29, 0.717) is 24.7 Å². The molecule has 1 saturated carbocycles. The van der Waals surface area contributed by atoms with E-state index in [1.54, 1.807) is 18.1 Å². The minimum absolute atomic E-state index is 0.186. The summed E-state index contributed by atoms with van der Waals surface area (Å²) in [6.07, 6.45) is 6.55. The summed E-state index contributed by atoms with van der Waals surface area (Å²) in [7, 11) is 1.67. The van der Waals surface area contributed by atoms with E-state index in [2.05, 4.69) is 20.1 Å². The number of nitrogens with zero attached hydrogens (tertiary/aromatic N) is 5. The molecule has 1 aliphatic carbocycles. The van der Waals surface area contributed by atoms with Crippen molar-refractivity contribution >= 4 is 11.7 Å². The molecule has 0 bridgehead atoms. The number of pyridine rings is 1. The summed E-state index contributed by atoms with van der Waals surface area (Å²) in [6, 6.07) is 1.36. The van der Waals surface area contributed by atoms with Gasteiger partial charge in [-0.05, 0) is 38.3 Å². The molecule has 1 N–H and O–H groups in total. The molecule has 1 unspecified atom stereocenters. The van der Waals surface area contributed by atoms with Crippen LogP contribution in [0, 0.1) is 6.92 Å². The number of rotatable bonds is 2. The lowest BCUT2D eigenvalue weighted by Crippen LogP contribution is -2.44. The van der Waals surface area contributed by atoms with Gasteiger partial charge in [0.25, 0.3) is 5.56 Å². The smallest absolute Gasteiger partial charge is 0.317 e. The Hall–Kier alpha value is -2.64. The van der Waals surface area contributed by atoms with Crippen molar-refractivity contribution in [2.45, 2.75) is 58.0 Å². The zero-order valence-corrected chi connectivity index (χ0v) is 16.1. The molecule has 0 saturated heterocycles. The number of carbonyl (C=O) groups excluding carboxylic acids is 1. The molecule has 3 heterocycles. The maximum Gasteiger partial charge on any atom is 0.322 e. The predicted octanol–water partition coefficient (Wildman–Crippen LogP) is 2.55. The van der Waals surface area contributed by atoms with Gasteiger partial charge in [-0.2, -0.15) is 0 Å². The van der Waals surface area contributed by atoms with Crippen molar-refractivity contribution < 1.29 is 4.79 Å². The number of aryl methyl sites for hydroxylation is 2. The Morgan fingerprint density at radius 1 is 1.19 bits per heavy atom. The van der Waals surface area contributed by atoms with Crippen LogP contribution >= 0.6 is 0 Å². The first-order valence-corrected chi connectivity index (χ1v) is 9.64. The van der Waals surface area contributed by atoms with Crippen LogP contribution in [0.1, 0.15) is 61.8 Å². The number of hydrogen-bond acceptors (Lipinski definition) is 4. The van der Waals surface area contributed by atoms with E-state index in [1.165, 1.54) is 30.3 Å². The van der Waals surface area contributed by atoms with Gasteiger partial charge in [0.15, 0.2) is 5.82 Å². The summed E-state index contributed by atoms with van der Waals surface area (Å²) in [6.45, 7) is 5.05. The van der Waals surface area contributed by atoms with Crippen LogP contribution in [0.15, 0.2) is 17.1 Å². The molecule has 8 heteroatoms. The summed E-state index contributed by atoms with van der Waals surface area (Å²) in [5.74, 6) is 2.40. The molecular formula is C19H26N6O2. The molecule has 1 fully saturated rings. The highest BCUT2D eigenvalue weighted by Crippen LogP contribution is 2.35. The Bertz CT molecular complexity index is 925. The van der Waals surface area contributed by atoms with Gasteiger partial charge in [0.2, 0.25) is 0 Å². The van der Waals surface area contributed by atoms with E-state index in [-0.39, 0.29) is 17.6 Å². The number of nitrogens with one attached hydrogen (secondary N) is 1. The molecule has 2 aromatic heterocycles. The molecule has 2 aromatic rings. The molecule has 1 aliphatic heterocycles. The van der Waals surface area contributed by atoms with Gasteiger partial charge < -0.3 is 19.4 Å². The van der Waals surface area contributed by atoms with Crippen molar-refractivity contribution in [1.82, 2.24) is 24.2 Å². The monoisotopic (exact) mass is 370 g/mol. The van der Waals surface area contributed by atoms with Crippen LogP contribution < -0.4 is 10.9 Å². The number of hydrogen-bond donors (Lipinski definition) is 1. The minimum Gasteiger partial charge on any atom is -0.317 e. The van der Waals surface area contributed by atoms with Gasteiger partial charge in [0.1, 0.15) is 11.5 Å². The van der Waals surface area contributed by atoms with Gasteiger partial charge in [-0.1, -0.05) is 12.8 Å². The molecule has 0 radical (unpaired) electrons. The van der Waals surface area contributed by atoms with Crippen molar-refractivity contribution in [3.8, 4) is 0 Å². The van der Waals surface area contributed by atoms with Gasteiger partial charge in [-0.15, -0.1) is 10.2 Å². The lowest BCUT2D eigenvalue weighted by atomic mass is 10.1. The first-order valence-electron chi connectivity index (χ1n) is 9.64. The van der Waals surface area contributed by atoms with Crippen LogP contribution in [0.5, 0.6) is 0 Å². The van der Waals surface area contributed by atoms with Crippen LogP contribution in [-0.4, -0.2) is 36.8 Å². The summed E-state index contributed by atoms with van der Waals surface area (Å²) in [4.78, 5) is 26.9. The van der Waals surface area contributed by atoms with Gasteiger partial charge in [-0.25, -0.2) is 4.79 Å². The Morgan fingerprint density at radius 2 is 1.89 bits per heavy atom. The number of amides is 2. The number of anilines is 1. The molecule has 144 valence electrons. The Kier molecular flexibility index (Phi) is 4.49. The van der Waals surface area contributed by atoms with Crippen LogP contribution in [-0.2, 0) is 13.6 Å². The zero-order valence-electron chi connectivity index (χ0n) is 16.1. The lowest BCUT2D eigenvalue weighted by molar-refractivity contribution is 0.171. The third-order valence-corrected chi connectivity index (χ3v) is 5.90. The van der Waals surface area contributed by atoms with E-state index < -0.39 is 0 Å². The van der Waals surface area contributed by atoms with Crippen molar-refractivity contribution in [2.75, 3.05) is 11.9 Å². The second-order valence-electron chi connectivity index (χ2n) is 7.64.